The Morgan fingerprint density at radius 1 is 1.32 bits per heavy atom. The lowest BCUT2D eigenvalue weighted by Gasteiger charge is -2.37. The molecule has 0 radical (unpaired) electrons. The van der Waals surface area contributed by atoms with Crippen molar-refractivity contribution in [2.45, 2.75) is 39.0 Å². The lowest BCUT2D eigenvalue weighted by molar-refractivity contribution is -0.129. The van der Waals surface area contributed by atoms with Crippen LogP contribution >= 0.6 is 11.6 Å². The maximum absolute atomic E-state index is 12.6. The van der Waals surface area contributed by atoms with Crippen molar-refractivity contribution in [3.63, 3.8) is 0 Å². The van der Waals surface area contributed by atoms with Crippen molar-refractivity contribution in [2.24, 2.45) is 17.1 Å². The second-order valence-electron chi connectivity index (χ2n) is 5.89. The van der Waals surface area contributed by atoms with Crippen molar-refractivity contribution in [1.82, 2.24) is 0 Å². The molecule has 1 aliphatic rings. The molecule has 1 aromatic rings. The highest BCUT2D eigenvalue weighted by Gasteiger charge is 2.39. The van der Waals surface area contributed by atoms with Crippen molar-refractivity contribution in [2.75, 3.05) is 6.54 Å². The molecule has 0 unspecified atom stereocenters. The van der Waals surface area contributed by atoms with Gasteiger partial charge in [-0.05, 0) is 49.3 Å². The molecule has 0 aromatic heterocycles. The van der Waals surface area contributed by atoms with Gasteiger partial charge in [-0.25, -0.2) is 0 Å². The maximum Gasteiger partial charge on any atom is 0.144 e. The number of benzene rings is 1. The fourth-order valence-corrected chi connectivity index (χ4v) is 3.01. The van der Waals surface area contributed by atoms with E-state index in [-0.39, 0.29) is 5.41 Å². The molecule has 2 N–H and O–H groups in total. The number of halogens is 1. The van der Waals surface area contributed by atoms with E-state index in [0.29, 0.717) is 23.8 Å². The first-order valence-corrected chi connectivity index (χ1v) is 7.41. The van der Waals surface area contributed by atoms with Crippen molar-refractivity contribution in [1.29, 1.82) is 0 Å². The van der Waals surface area contributed by atoms with E-state index in [1.807, 2.05) is 24.3 Å². The van der Waals surface area contributed by atoms with Crippen LogP contribution in [-0.2, 0) is 11.2 Å². The van der Waals surface area contributed by atoms with Gasteiger partial charge in [0.25, 0.3) is 0 Å². The highest BCUT2D eigenvalue weighted by molar-refractivity contribution is 6.30. The molecule has 2 rings (SSSR count). The highest BCUT2D eigenvalue weighted by atomic mass is 35.5. The van der Waals surface area contributed by atoms with Gasteiger partial charge in [-0.3, -0.25) is 4.79 Å². The molecule has 1 aromatic carbocycles. The largest absolute Gasteiger partial charge is 0.329 e. The molecule has 2 nitrogen and oxygen atoms in total. The van der Waals surface area contributed by atoms with Crippen LogP contribution in [0.3, 0.4) is 0 Å². The van der Waals surface area contributed by atoms with Crippen molar-refractivity contribution < 1.29 is 4.79 Å². The highest BCUT2D eigenvalue weighted by Crippen LogP contribution is 2.39. The quantitative estimate of drug-likeness (QED) is 0.915. The molecule has 0 aliphatic heterocycles. The molecule has 104 valence electrons. The van der Waals surface area contributed by atoms with Gasteiger partial charge in [-0.15, -0.1) is 0 Å². The third-order valence-electron chi connectivity index (χ3n) is 4.49. The van der Waals surface area contributed by atoms with Crippen LogP contribution in [0.5, 0.6) is 0 Å². The van der Waals surface area contributed by atoms with Crippen LogP contribution in [-0.4, -0.2) is 12.3 Å². The summed E-state index contributed by atoms with van der Waals surface area (Å²) in [5, 5.41) is 0.705. The number of rotatable bonds is 4. The number of nitrogens with two attached hydrogens (primary N) is 1. The van der Waals surface area contributed by atoms with Crippen molar-refractivity contribution >= 4 is 17.4 Å². The molecule has 0 amide bonds. The average Bonchev–Trinajstić information content (AvgIpc) is 2.42. The predicted octanol–water partition coefficient (Wildman–Crippen LogP) is 3.61. The minimum absolute atomic E-state index is 0.286. The van der Waals surface area contributed by atoms with Crippen molar-refractivity contribution in [3.05, 3.63) is 34.9 Å². The molecule has 0 heterocycles. The first-order chi connectivity index (χ1) is 9.05. The summed E-state index contributed by atoms with van der Waals surface area (Å²) in [6.07, 6.45) is 4.59. The van der Waals surface area contributed by atoms with Gasteiger partial charge in [-0.2, -0.15) is 0 Å². The molecule has 1 aliphatic carbocycles. The lowest BCUT2D eigenvalue weighted by atomic mass is 9.67. The van der Waals surface area contributed by atoms with Crippen molar-refractivity contribution in [3.8, 4) is 0 Å². The zero-order chi connectivity index (χ0) is 13.9. The summed E-state index contributed by atoms with van der Waals surface area (Å²) >= 11 is 5.86. The monoisotopic (exact) mass is 279 g/mol. The summed E-state index contributed by atoms with van der Waals surface area (Å²) in [5.74, 6) is 1.02. The molecule has 1 fully saturated rings. The number of ketones is 1. The first-order valence-electron chi connectivity index (χ1n) is 7.03. The fraction of sp³-hybridized carbons (Fsp3) is 0.562. The van der Waals surface area contributed by atoms with E-state index in [0.717, 1.165) is 37.2 Å². The topological polar surface area (TPSA) is 43.1 Å². The van der Waals surface area contributed by atoms with Crippen LogP contribution in [0.25, 0.3) is 0 Å². The Bertz CT molecular complexity index is 433. The third-order valence-corrected chi connectivity index (χ3v) is 4.74. The van der Waals surface area contributed by atoms with Gasteiger partial charge < -0.3 is 5.73 Å². The van der Waals surface area contributed by atoms with E-state index in [1.165, 1.54) is 0 Å². The Balaban J connectivity index is 2.06. The minimum atomic E-state index is -0.286. The molecule has 0 saturated heterocycles. The Hall–Kier alpha value is -0.860. The minimum Gasteiger partial charge on any atom is -0.329 e. The molecular weight excluding hydrogens is 258 g/mol. The van der Waals surface area contributed by atoms with E-state index < -0.39 is 0 Å². The van der Waals surface area contributed by atoms with Gasteiger partial charge in [0.15, 0.2) is 0 Å². The molecule has 0 spiro atoms. The summed E-state index contributed by atoms with van der Waals surface area (Å²) in [4.78, 5) is 12.6. The fourth-order valence-electron chi connectivity index (χ4n) is 2.89. The SMILES string of the molecule is CC1CCC(CN)(C(=O)Cc2ccc(Cl)cc2)CC1. The van der Waals surface area contributed by atoms with Crippen LogP contribution in [0, 0.1) is 11.3 Å². The van der Waals surface area contributed by atoms with E-state index in [4.69, 9.17) is 17.3 Å². The lowest BCUT2D eigenvalue weighted by Crippen LogP contribution is -2.42. The standard InChI is InChI=1S/C16H22ClNO/c1-12-6-8-16(11-18,9-7-12)15(19)10-13-2-4-14(17)5-3-13/h2-5,12H,6-11,18H2,1H3. The van der Waals surface area contributed by atoms with Crippen LogP contribution in [0.2, 0.25) is 5.02 Å². The Kier molecular flexibility index (Phi) is 4.64. The van der Waals surface area contributed by atoms with Gasteiger partial charge in [0.1, 0.15) is 5.78 Å². The number of hydrogen-bond acceptors (Lipinski definition) is 2. The first kappa shape index (κ1) is 14.5. The number of carbonyl (C=O) groups excluding carboxylic acids is 1. The second-order valence-corrected chi connectivity index (χ2v) is 6.33. The predicted molar refractivity (Wildman–Crippen MR) is 79.3 cm³/mol. The van der Waals surface area contributed by atoms with Gasteiger partial charge in [-0.1, -0.05) is 30.7 Å². The van der Waals surface area contributed by atoms with Gasteiger partial charge in [0.05, 0.1) is 0 Å². The second kappa shape index (κ2) is 6.06. The maximum atomic E-state index is 12.6. The summed E-state index contributed by atoms with van der Waals surface area (Å²) in [6, 6.07) is 7.52. The zero-order valence-corrected chi connectivity index (χ0v) is 12.2. The Morgan fingerprint density at radius 3 is 2.42 bits per heavy atom. The summed E-state index contributed by atoms with van der Waals surface area (Å²) in [5.41, 5.74) is 6.66. The van der Waals surface area contributed by atoms with E-state index in [1.54, 1.807) is 0 Å². The molecule has 3 heteroatoms. The zero-order valence-electron chi connectivity index (χ0n) is 11.5. The Labute approximate surface area is 120 Å². The molecule has 0 bridgehead atoms. The van der Waals surface area contributed by atoms with Gasteiger partial charge >= 0.3 is 0 Å². The molecule has 19 heavy (non-hydrogen) atoms. The molecule has 1 saturated carbocycles. The van der Waals surface area contributed by atoms with Crippen LogP contribution < -0.4 is 5.73 Å². The van der Waals surface area contributed by atoms with Gasteiger partial charge in [0.2, 0.25) is 0 Å². The third kappa shape index (κ3) is 3.37. The number of hydrogen-bond donors (Lipinski definition) is 1. The summed E-state index contributed by atoms with van der Waals surface area (Å²) in [7, 11) is 0. The van der Waals surface area contributed by atoms with Crippen LogP contribution in [0.15, 0.2) is 24.3 Å². The van der Waals surface area contributed by atoms with E-state index in [9.17, 15) is 4.79 Å². The number of carbonyl (C=O) groups is 1. The summed E-state index contributed by atoms with van der Waals surface area (Å²) in [6.45, 7) is 2.73. The number of Topliss-reactive ketones (excluding diaryl/α,β-unsaturated/α-hetero) is 1. The smallest absolute Gasteiger partial charge is 0.144 e. The van der Waals surface area contributed by atoms with Crippen LogP contribution in [0.1, 0.15) is 38.2 Å². The Morgan fingerprint density at radius 2 is 1.89 bits per heavy atom. The summed E-state index contributed by atoms with van der Waals surface area (Å²) < 4.78 is 0. The van der Waals surface area contributed by atoms with E-state index in [2.05, 4.69) is 6.92 Å². The normalized spacial score (nSPS) is 27.2. The molecular formula is C16H22ClNO. The average molecular weight is 280 g/mol. The van der Waals surface area contributed by atoms with Gasteiger partial charge in [0, 0.05) is 23.4 Å². The molecule has 0 atom stereocenters. The van der Waals surface area contributed by atoms with Crippen LogP contribution in [0.4, 0.5) is 0 Å². The van der Waals surface area contributed by atoms with E-state index >= 15 is 0 Å².